The van der Waals surface area contributed by atoms with Gasteiger partial charge in [0.1, 0.15) is 0 Å². The van der Waals surface area contributed by atoms with Gasteiger partial charge in [0.15, 0.2) is 0 Å². The van der Waals surface area contributed by atoms with Gasteiger partial charge in [-0.25, -0.2) is 14.7 Å². The summed E-state index contributed by atoms with van der Waals surface area (Å²) in [5.41, 5.74) is 1.94. The molecule has 1 heterocycles. The molecule has 96 valence electrons. The minimum atomic E-state index is -0.915. The molecule has 0 saturated carbocycles. The van der Waals surface area contributed by atoms with Gasteiger partial charge in [-0.2, -0.15) is 0 Å². The summed E-state index contributed by atoms with van der Waals surface area (Å²) in [5.74, 6) is -1.62. The normalized spacial score (nSPS) is 12.9. The van der Waals surface area contributed by atoms with Gasteiger partial charge in [-0.05, 0) is 18.1 Å². The maximum absolute atomic E-state index is 11.5. The van der Waals surface area contributed by atoms with E-state index < -0.39 is 11.9 Å². The van der Waals surface area contributed by atoms with Gasteiger partial charge < -0.3 is 9.57 Å². The molecule has 0 bridgehead atoms. The number of esters is 1. The maximum atomic E-state index is 11.5. The minimum absolute atomic E-state index is 0.571. The Labute approximate surface area is 109 Å². The van der Waals surface area contributed by atoms with Crippen LogP contribution >= 0.6 is 0 Å². The fraction of sp³-hybridized carbons (Fsp3) is 0.154. The average molecular weight is 258 g/mol. The number of carbonyl (C=O) groups excluding carboxylic acids is 2. The molecular weight excluding hydrogens is 248 g/mol. The van der Waals surface area contributed by atoms with E-state index in [-0.39, 0.29) is 0 Å². The number of fused-ring (bicyclic) bond motifs is 1. The highest BCUT2D eigenvalue weighted by Crippen LogP contribution is 2.27. The van der Waals surface area contributed by atoms with Crippen molar-refractivity contribution >= 4 is 17.6 Å². The predicted octanol–water partition coefficient (Wildman–Crippen LogP) is 1.09. The van der Waals surface area contributed by atoms with Crippen molar-refractivity contribution in [1.29, 1.82) is 5.26 Å². The molecule has 0 radical (unpaired) electrons. The Balaban J connectivity index is 1.95. The zero-order chi connectivity index (χ0) is 13.7. The van der Waals surface area contributed by atoms with Crippen molar-refractivity contribution in [3.05, 3.63) is 42.0 Å². The minimum Gasteiger partial charge on any atom is -0.347 e. The first-order valence-electron chi connectivity index (χ1n) is 5.56. The zero-order valence-corrected chi connectivity index (χ0v) is 9.91. The standard InChI is InChI=1S/C13H10N2O4/c14-9-18-12(16)5-6-13(17)19-15-8-7-10-3-1-2-4-11(10)15/h1-6H,7-8H2/b6-5-. The maximum Gasteiger partial charge on any atom is 0.356 e. The molecule has 19 heavy (non-hydrogen) atoms. The Bertz CT molecular complexity index is 574. The molecule has 2 rings (SSSR count). The molecule has 0 saturated heterocycles. The predicted molar refractivity (Wildman–Crippen MR) is 64.4 cm³/mol. The van der Waals surface area contributed by atoms with Gasteiger partial charge in [-0.1, -0.05) is 18.2 Å². The summed E-state index contributed by atoms with van der Waals surface area (Å²) >= 11 is 0. The van der Waals surface area contributed by atoms with Crippen molar-refractivity contribution < 1.29 is 19.2 Å². The largest absolute Gasteiger partial charge is 0.356 e. The number of hydrogen-bond acceptors (Lipinski definition) is 6. The van der Waals surface area contributed by atoms with E-state index in [9.17, 15) is 9.59 Å². The first-order chi connectivity index (χ1) is 9.20. The number of carbonyl (C=O) groups is 2. The molecule has 1 aliphatic heterocycles. The smallest absolute Gasteiger partial charge is 0.347 e. The lowest BCUT2D eigenvalue weighted by atomic mass is 10.2. The van der Waals surface area contributed by atoms with Crippen molar-refractivity contribution in [3.63, 3.8) is 0 Å². The summed E-state index contributed by atoms with van der Waals surface area (Å²) in [7, 11) is 0. The summed E-state index contributed by atoms with van der Waals surface area (Å²) < 4.78 is 3.98. The topological polar surface area (TPSA) is 79.6 Å². The molecule has 0 aromatic heterocycles. The molecule has 6 nitrogen and oxygen atoms in total. The number of nitrogens with zero attached hydrogens (tertiary/aromatic N) is 2. The number of benzene rings is 1. The third kappa shape index (κ3) is 3.10. The van der Waals surface area contributed by atoms with Crippen LogP contribution in [0.5, 0.6) is 0 Å². The van der Waals surface area contributed by atoms with Crippen LogP contribution < -0.4 is 5.06 Å². The van der Waals surface area contributed by atoms with Gasteiger partial charge in [0.2, 0.25) is 0 Å². The third-order valence-corrected chi connectivity index (χ3v) is 2.55. The number of anilines is 1. The van der Waals surface area contributed by atoms with Crippen LogP contribution in [0.3, 0.4) is 0 Å². The Morgan fingerprint density at radius 3 is 2.79 bits per heavy atom. The summed E-state index contributed by atoms with van der Waals surface area (Å²) in [5, 5.41) is 9.56. The second kappa shape index (κ2) is 5.69. The number of hydrogen-bond donors (Lipinski definition) is 0. The Morgan fingerprint density at radius 1 is 1.26 bits per heavy atom. The van der Waals surface area contributed by atoms with E-state index in [4.69, 9.17) is 10.1 Å². The summed E-state index contributed by atoms with van der Waals surface area (Å²) in [6.45, 7) is 0.571. The zero-order valence-electron chi connectivity index (χ0n) is 9.91. The first kappa shape index (κ1) is 12.6. The van der Waals surface area contributed by atoms with E-state index in [0.717, 1.165) is 29.8 Å². The van der Waals surface area contributed by atoms with Crippen LogP contribution in [-0.2, 0) is 25.6 Å². The monoisotopic (exact) mass is 258 g/mol. The van der Waals surface area contributed by atoms with Crippen LogP contribution in [0, 0.1) is 11.5 Å². The van der Waals surface area contributed by atoms with Crippen molar-refractivity contribution in [2.45, 2.75) is 6.42 Å². The van der Waals surface area contributed by atoms with E-state index in [2.05, 4.69) is 4.74 Å². The second-order valence-corrected chi connectivity index (χ2v) is 3.74. The fourth-order valence-electron chi connectivity index (χ4n) is 1.76. The van der Waals surface area contributed by atoms with Gasteiger partial charge in [-0.15, -0.1) is 5.26 Å². The highest BCUT2D eigenvalue weighted by Gasteiger charge is 2.21. The molecule has 6 heteroatoms. The van der Waals surface area contributed by atoms with Crippen molar-refractivity contribution in [1.82, 2.24) is 0 Å². The van der Waals surface area contributed by atoms with Crippen LogP contribution in [0.2, 0.25) is 0 Å². The Kier molecular flexibility index (Phi) is 3.78. The van der Waals surface area contributed by atoms with Crippen LogP contribution in [0.1, 0.15) is 5.56 Å². The summed E-state index contributed by atoms with van der Waals surface area (Å²) in [6.07, 6.45) is 3.77. The van der Waals surface area contributed by atoms with E-state index in [0.29, 0.717) is 6.54 Å². The molecule has 0 spiro atoms. The fourth-order valence-corrected chi connectivity index (χ4v) is 1.76. The van der Waals surface area contributed by atoms with Crippen molar-refractivity contribution in [2.75, 3.05) is 11.6 Å². The lowest BCUT2D eigenvalue weighted by molar-refractivity contribution is -0.139. The van der Waals surface area contributed by atoms with Gasteiger partial charge in [0.25, 0.3) is 6.26 Å². The molecular formula is C13H10N2O4. The third-order valence-electron chi connectivity index (χ3n) is 2.55. The molecule has 1 aromatic carbocycles. The van der Waals surface area contributed by atoms with E-state index in [1.165, 1.54) is 11.3 Å². The Hall–Kier alpha value is -2.81. The molecule has 1 aromatic rings. The highest BCUT2D eigenvalue weighted by molar-refractivity contribution is 5.92. The van der Waals surface area contributed by atoms with Crippen molar-refractivity contribution in [2.24, 2.45) is 0 Å². The van der Waals surface area contributed by atoms with Gasteiger partial charge in [-0.3, -0.25) is 0 Å². The molecule has 0 amide bonds. The number of hydroxylamine groups is 1. The summed E-state index contributed by atoms with van der Waals surface area (Å²) in [6, 6.07) is 7.58. The lowest BCUT2D eigenvalue weighted by Gasteiger charge is -2.16. The van der Waals surface area contributed by atoms with Crippen LogP contribution in [-0.4, -0.2) is 18.5 Å². The average Bonchev–Trinajstić information content (AvgIpc) is 2.80. The van der Waals surface area contributed by atoms with Crippen LogP contribution in [0.25, 0.3) is 0 Å². The number of rotatable bonds is 3. The molecule has 0 N–H and O–H groups in total. The van der Waals surface area contributed by atoms with E-state index in [1.807, 2.05) is 24.3 Å². The van der Waals surface area contributed by atoms with Gasteiger partial charge in [0.05, 0.1) is 12.2 Å². The molecule has 0 fully saturated rings. The number of nitriles is 1. The molecule has 0 atom stereocenters. The first-order valence-corrected chi connectivity index (χ1v) is 5.56. The molecule has 0 unspecified atom stereocenters. The van der Waals surface area contributed by atoms with Gasteiger partial charge >= 0.3 is 11.9 Å². The van der Waals surface area contributed by atoms with Gasteiger partial charge in [0, 0.05) is 12.2 Å². The van der Waals surface area contributed by atoms with Crippen molar-refractivity contribution in [3.8, 4) is 6.26 Å². The van der Waals surface area contributed by atoms with E-state index in [1.54, 1.807) is 0 Å². The Morgan fingerprint density at radius 2 is 2.00 bits per heavy atom. The molecule has 0 aliphatic carbocycles. The van der Waals surface area contributed by atoms with E-state index >= 15 is 0 Å². The summed E-state index contributed by atoms with van der Waals surface area (Å²) in [4.78, 5) is 27.4. The number of para-hydroxylation sites is 1. The SMILES string of the molecule is N#COC(=O)/C=C\C(=O)ON1CCc2ccccc21. The highest BCUT2D eigenvalue weighted by atomic mass is 16.7. The molecule has 1 aliphatic rings. The second-order valence-electron chi connectivity index (χ2n) is 3.74. The van der Waals surface area contributed by atoms with Crippen LogP contribution in [0.4, 0.5) is 5.69 Å². The quantitative estimate of drug-likeness (QED) is 0.458. The number of ether oxygens (including phenoxy) is 1. The lowest BCUT2D eigenvalue weighted by Crippen LogP contribution is -2.24. The van der Waals surface area contributed by atoms with Crippen LogP contribution in [0.15, 0.2) is 36.4 Å².